The van der Waals surface area contributed by atoms with E-state index in [1.807, 2.05) is 47.4 Å². The van der Waals surface area contributed by atoms with Gasteiger partial charge in [0.15, 0.2) is 0 Å². The van der Waals surface area contributed by atoms with E-state index in [1.54, 1.807) is 6.20 Å². The molecule has 0 radical (unpaired) electrons. The molecule has 0 saturated heterocycles. The Morgan fingerprint density at radius 1 is 1.16 bits per heavy atom. The van der Waals surface area contributed by atoms with Crippen LogP contribution in [0, 0.1) is 0 Å². The van der Waals surface area contributed by atoms with E-state index in [1.165, 1.54) is 0 Å². The van der Waals surface area contributed by atoms with Crippen LogP contribution in [0.5, 0.6) is 0 Å². The first-order valence-corrected chi connectivity index (χ1v) is 8.65. The van der Waals surface area contributed by atoms with E-state index in [4.69, 9.17) is 0 Å². The van der Waals surface area contributed by atoms with Crippen molar-refractivity contribution in [2.45, 2.75) is 26.3 Å². The molecule has 1 aliphatic rings. The van der Waals surface area contributed by atoms with Gasteiger partial charge in [-0.25, -0.2) is 4.98 Å². The van der Waals surface area contributed by atoms with Crippen molar-refractivity contribution in [1.29, 1.82) is 0 Å². The van der Waals surface area contributed by atoms with Crippen molar-refractivity contribution in [2.75, 3.05) is 11.9 Å². The summed E-state index contributed by atoms with van der Waals surface area (Å²) in [5, 5.41) is 3.30. The molecule has 0 saturated carbocycles. The maximum atomic E-state index is 12.4. The van der Waals surface area contributed by atoms with Gasteiger partial charge in [-0.05, 0) is 42.3 Å². The van der Waals surface area contributed by atoms with Crippen LogP contribution in [-0.4, -0.2) is 27.3 Å². The number of rotatable bonds is 5. The lowest BCUT2D eigenvalue weighted by Crippen LogP contribution is -2.24. The molecule has 0 fully saturated rings. The summed E-state index contributed by atoms with van der Waals surface area (Å²) in [6, 6.07) is 13.7. The number of nitrogens with one attached hydrogen (secondary N) is 1. The molecule has 1 N–H and O–H groups in total. The van der Waals surface area contributed by atoms with Gasteiger partial charge in [0.2, 0.25) is 0 Å². The number of anilines is 2. The van der Waals surface area contributed by atoms with Crippen LogP contribution in [0.3, 0.4) is 0 Å². The molecule has 1 aromatic heterocycles. The Bertz CT molecular complexity index is 938. The second-order valence-corrected chi connectivity index (χ2v) is 6.32. The van der Waals surface area contributed by atoms with Gasteiger partial charge in [0, 0.05) is 24.3 Å². The van der Waals surface area contributed by atoms with Gasteiger partial charge in [-0.2, -0.15) is 0 Å². The van der Waals surface area contributed by atoms with Crippen molar-refractivity contribution in [2.24, 2.45) is 0 Å². The third kappa shape index (κ3) is 3.05. The molecule has 25 heavy (non-hydrogen) atoms. The van der Waals surface area contributed by atoms with E-state index in [9.17, 15) is 4.79 Å². The van der Waals surface area contributed by atoms with Gasteiger partial charge in [-0.3, -0.25) is 9.78 Å². The number of nitrogens with zero attached hydrogens (tertiary/aromatic N) is 3. The third-order valence-corrected chi connectivity index (χ3v) is 4.49. The molecule has 126 valence electrons. The van der Waals surface area contributed by atoms with Crippen LogP contribution in [0.4, 0.5) is 11.5 Å². The van der Waals surface area contributed by atoms with Crippen molar-refractivity contribution in [3.63, 3.8) is 0 Å². The Kier molecular flexibility index (Phi) is 4.06. The molecule has 0 aliphatic carbocycles. The van der Waals surface area contributed by atoms with E-state index in [-0.39, 0.29) is 5.91 Å². The van der Waals surface area contributed by atoms with Gasteiger partial charge in [0.05, 0.1) is 17.2 Å². The zero-order valence-electron chi connectivity index (χ0n) is 14.2. The highest BCUT2D eigenvalue weighted by Crippen LogP contribution is 2.27. The number of amides is 1. The van der Waals surface area contributed by atoms with Crippen LogP contribution in [0.25, 0.3) is 11.0 Å². The number of unbranched alkanes of at least 4 members (excludes halogenated alkanes) is 1. The van der Waals surface area contributed by atoms with Crippen molar-refractivity contribution in [3.05, 3.63) is 59.8 Å². The molecule has 4 rings (SSSR count). The quantitative estimate of drug-likeness (QED) is 0.763. The smallest absolute Gasteiger partial charge is 0.254 e. The van der Waals surface area contributed by atoms with Gasteiger partial charge in [-0.1, -0.05) is 25.5 Å². The number of benzene rings is 2. The first kappa shape index (κ1) is 15.6. The summed E-state index contributed by atoms with van der Waals surface area (Å²) in [7, 11) is 0. The molecule has 0 spiro atoms. The van der Waals surface area contributed by atoms with E-state index in [0.717, 1.165) is 47.2 Å². The van der Waals surface area contributed by atoms with Crippen LogP contribution in [-0.2, 0) is 6.54 Å². The standard InChI is InChI=1S/C20H20N4O/c1-2-3-10-24-13-14-11-15(8-9-16(14)20(24)25)22-19-12-21-17-6-4-5-7-18(17)23-19/h4-9,11-12H,2-3,10,13H2,1H3,(H,22,23). The summed E-state index contributed by atoms with van der Waals surface area (Å²) >= 11 is 0. The lowest BCUT2D eigenvalue weighted by Gasteiger charge is -2.14. The molecular weight excluding hydrogens is 312 g/mol. The van der Waals surface area contributed by atoms with Crippen LogP contribution >= 0.6 is 0 Å². The summed E-state index contributed by atoms with van der Waals surface area (Å²) in [5.74, 6) is 0.839. The normalized spacial score (nSPS) is 13.3. The van der Waals surface area contributed by atoms with Crippen LogP contribution in [0.2, 0.25) is 0 Å². The third-order valence-electron chi connectivity index (χ3n) is 4.49. The predicted octanol–water partition coefficient (Wildman–Crippen LogP) is 4.13. The zero-order chi connectivity index (χ0) is 17.2. The fourth-order valence-corrected chi connectivity index (χ4v) is 3.15. The number of para-hydroxylation sites is 2. The fourth-order valence-electron chi connectivity index (χ4n) is 3.15. The second kappa shape index (κ2) is 6.51. The molecule has 1 amide bonds. The number of hydrogen-bond donors (Lipinski definition) is 1. The molecule has 0 unspecified atom stereocenters. The van der Waals surface area contributed by atoms with Crippen molar-refractivity contribution in [1.82, 2.24) is 14.9 Å². The van der Waals surface area contributed by atoms with Crippen molar-refractivity contribution in [3.8, 4) is 0 Å². The maximum absolute atomic E-state index is 12.4. The van der Waals surface area contributed by atoms with Crippen LogP contribution in [0.1, 0.15) is 35.7 Å². The summed E-state index contributed by atoms with van der Waals surface area (Å²) in [5.41, 5.74) is 4.54. The number of hydrogen-bond acceptors (Lipinski definition) is 4. The summed E-state index contributed by atoms with van der Waals surface area (Å²) in [4.78, 5) is 23.3. The van der Waals surface area contributed by atoms with Crippen LogP contribution < -0.4 is 5.32 Å². The Balaban J connectivity index is 1.55. The van der Waals surface area contributed by atoms with E-state index in [2.05, 4.69) is 22.2 Å². The molecule has 5 nitrogen and oxygen atoms in total. The molecule has 0 bridgehead atoms. The number of fused-ring (bicyclic) bond motifs is 2. The highest BCUT2D eigenvalue weighted by atomic mass is 16.2. The minimum Gasteiger partial charge on any atom is -0.339 e. The SMILES string of the molecule is CCCCN1Cc2cc(Nc3cnc4ccccc4n3)ccc2C1=O. The summed E-state index contributed by atoms with van der Waals surface area (Å²) in [6.07, 6.45) is 3.86. The molecule has 0 atom stereocenters. The van der Waals surface area contributed by atoms with Gasteiger partial charge in [0.25, 0.3) is 5.91 Å². The lowest BCUT2D eigenvalue weighted by molar-refractivity contribution is 0.0776. The molecule has 2 heterocycles. The highest BCUT2D eigenvalue weighted by molar-refractivity contribution is 5.98. The largest absolute Gasteiger partial charge is 0.339 e. The average Bonchev–Trinajstić information content (AvgIpc) is 2.95. The number of carbonyl (C=O) groups is 1. The van der Waals surface area contributed by atoms with Gasteiger partial charge < -0.3 is 10.2 Å². The monoisotopic (exact) mass is 332 g/mol. The summed E-state index contributed by atoms with van der Waals surface area (Å²) < 4.78 is 0. The number of carbonyl (C=O) groups excluding carboxylic acids is 1. The van der Waals surface area contributed by atoms with Gasteiger partial charge >= 0.3 is 0 Å². The topological polar surface area (TPSA) is 58.1 Å². The Hall–Kier alpha value is -2.95. The molecule has 2 aromatic carbocycles. The Morgan fingerprint density at radius 2 is 2.00 bits per heavy atom. The van der Waals surface area contributed by atoms with E-state index in [0.29, 0.717) is 12.4 Å². The lowest BCUT2D eigenvalue weighted by atomic mass is 10.1. The first-order chi connectivity index (χ1) is 12.2. The number of aromatic nitrogens is 2. The molecule has 3 aromatic rings. The zero-order valence-corrected chi connectivity index (χ0v) is 14.2. The Labute approximate surface area is 146 Å². The first-order valence-electron chi connectivity index (χ1n) is 8.65. The summed E-state index contributed by atoms with van der Waals surface area (Å²) in [6.45, 7) is 3.65. The minimum absolute atomic E-state index is 0.139. The average molecular weight is 332 g/mol. The molecule has 5 heteroatoms. The predicted molar refractivity (Wildman–Crippen MR) is 98.9 cm³/mol. The molecular formula is C20H20N4O. The van der Waals surface area contributed by atoms with Crippen LogP contribution in [0.15, 0.2) is 48.7 Å². The fraction of sp³-hybridized carbons (Fsp3) is 0.250. The van der Waals surface area contributed by atoms with E-state index >= 15 is 0 Å². The minimum atomic E-state index is 0.139. The van der Waals surface area contributed by atoms with Gasteiger partial charge in [-0.15, -0.1) is 0 Å². The highest BCUT2D eigenvalue weighted by Gasteiger charge is 2.26. The second-order valence-electron chi connectivity index (χ2n) is 6.32. The maximum Gasteiger partial charge on any atom is 0.254 e. The Morgan fingerprint density at radius 3 is 2.84 bits per heavy atom. The van der Waals surface area contributed by atoms with E-state index < -0.39 is 0 Å². The van der Waals surface area contributed by atoms with Crippen molar-refractivity contribution < 1.29 is 4.79 Å². The van der Waals surface area contributed by atoms with Crippen molar-refractivity contribution >= 4 is 28.4 Å². The molecule has 1 aliphatic heterocycles. The van der Waals surface area contributed by atoms with Gasteiger partial charge in [0.1, 0.15) is 5.82 Å².